The fourth-order valence-electron chi connectivity index (χ4n) is 3.69. The van der Waals surface area contributed by atoms with Crippen LogP contribution in [0.2, 0.25) is 0 Å². The van der Waals surface area contributed by atoms with Crippen molar-refractivity contribution in [2.24, 2.45) is 4.99 Å². The average Bonchev–Trinajstić information content (AvgIpc) is 3.05. The Morgan fingerprint density at radius 1 is 1.31 bits per heavy atom. The van der Waals surface area contributed by atoms with E-state index in [4.69, 9.17) is 14.5 Å². The van der Waals surface area contributed by atoms with E-state index in [0.717, 1.165) is 64.6 Å². The van der Waals surface area contributed by atoms with Crippen molar-refractivity contribution < 1.29 is 14.3 Å². The molecule has 0 aromatic rings. The van der Waals surface area contributed by atoms with Gasteiger partial charge >= 0.3 is 6.09 Å². The standard InChI is InChI=1S/C20H39N5O3.HI/c1-7-21-17(22-15-20(24(5)6)9-12-27-13-10-20)25-11-8-16(14-25)23-18(26)28-19(2,3)4;/h16H,7-15H2,1-6H3,(H,21,22)(H,23,26);1H. The smallest absolute Gasteiger partial charge is 0.407 e. The van der Waals surface area contributed by atoms with Gasteiger partial charge in [-0.1, -0.05) is 0 Å². The summed E-state index contributed by atoms with van der Waals surface area (Å²) in [6.07, 6.45) is 2.52. The quantitative estimate of drug-likeness (QED) is 0.326. The molecule has 0 spiro atoms. The maximum atomic E-state index is 12.1. The molecule has 0 aliphatic carbocycles. The minimum Gasteiger partial charge on any atom is -0.444 e. The lowest BCUT2D eigenvalue weighted by Gasteiger charge is -2.42. The lowest BCUT2D eigenvalue weighted by molar-refractivity contribution is -0.00262. The minimum atomic E-state index is -0.483. The predicted molar refractivity (Wildman–Crippen MR) is 127 cm³/mol. The van der Waals surface area contributed by atoms with Crippen LogP contribution in [-0.4, -0.2) is 92.5 Å². The molecule has 2 rings (SSSR count). The van der Waals surface area contributed by atoms with Crippen LogP contribution in [0, 0.1) is 0 Å². The number of hydrogen-bond donors (Lipinski definition) is 2. The van der Waals surface area contributed by atoms with Crippen LogP contribution in [-0.2, 0) is 9.47 Å². The van der Waals surface area contributed by atoms with E-state index < -0.39 is 5.60 Å². The van der Waals surface area contributed by atoms with Crippen molar-refractivity contribution in [3.8, 4) is 0 Å². The largest absolute Gasteiger partial charge is 0.444 e. The molecule has 1 atom stereocenters. The molecule has 0 radical (unpaired) electrons. The van der Waals surface area contributed by atoms with Gasteiger partial charge in [0.05, 0.1) is 12.6 Å². The molecule has 2 N–H and O–H groups in total. The average molecular weight is 525 g/mol. The number of nitrogens with zero attached hydrogens (tertiary/aromatic N) is 3. The number of carbonyl (C=O) groups is 1. The summed E-state index contributed by atoms with van der Waals surface area (Å²) in [4.78, 5) is 21.5. The number of halogens is 1. The van der Waals surface area contributed by atoms with Crippen LogP contribution in [0.15, 0.2) is 4.99 Å². The summed E-state index contributed by atoms with van der Waals surface area (Å²) in [6, 6.07) is 0.0737. The normalized spacial score (nSPS) is 22.2. The summed E-state index contributed by atoms with van der Waals surface area (Å²) in [5.74, 6) is 0.920. The number of carbonyl (C=O) groups excluding carboxylic acids is 1. The Morgan fingerprint density at radius 3 is 2.52 bits per heavy atom. The number of amides is 1. The van der Waals surface area contributed by atoms with E-state index in [9.17, 15) is 4.79 Å². The van der Waals surface area contributed by atoms with E-state index in [-0.39, 0.29) is 41.7 Å². The Morgan fingerprint density at radius 2 is 1.97 bits per heavy atom. The van der Waals surface area contributed by atoms with Gasteiger partial charge in [-0.25, -0.2) is 4.79 Å². The Bertz CT molecular complexity index is 545. The zero-order chi connectivity index (χ0) is 20.8. The number of nitrogens with one attached hydrogen (secondary N) is 2. The molecule has 0 saturated carbocycles. The molecule has 2 heterocycles. The van der Waals surface area contributed by atoms with Crippen LogP contribution in [0.4, 0.5) is 4.79 Å². The molecule has 2 aliphatic heterocycles. The Balaban J connectivity index is 0.00000420. The summed E-state index contributed by atoms with van der Waals surface area (Å²) in [6.45, 7) is 12.4. The molecule has 2 fully saturated rings. The monoisotopic (exact) mass is 525 g/mol. The van der Waals surface area contributed by atoms with Crippen molar-refractivity contribution in [2.75, 3.05) is 53.5 Å². The number of guanidine groups is 1. The van der Waals surface area contributed by atoms with Gasteiger partial charge in [-0.3, -0.25) is 4.99 Å². The van der Waals surface area contributed by atoms with Gasteiger partial charge in [-0.2, -0.15) is 0 Å². The number of hydrogen-bond acceptors (Lipinski definition) is 5. The predicted octanol–water partition coefficient (Wildman–Crippen LogP) is 2.28. The van der Waals surface area contributed by atoms with Gasteiger partial charge in [0.15, 0.2) is 5.96 Å². The summed E-state index contributed by atoms with van der Waals surface area (Å²) in [7, 11) is 4.26. The summed E-state index contributed by atoms with van der Waals surface area (Å²) >= 11 is 0. The lowest BCUT2D eigenvalue weighted by atomic mass is 9.89. The van der Waals surface area contributed by atoms with Crippen molar-refractivity contribution in [1.29, 1.82) is 0 Å². The van der Waals surface area contributed by atoms with Crippen LogP contribution in [0.1, 0.15) is 47.0 Å². The highest BCUT2D eigenvalue weighted by Crippen LogP contribution is 2.26. The maximum absolute atomic E-state index is 12.1. The Kier molecular flexibility index (Phi) is 10.4. The van der Waals surface area contributed by atoms with E-state index in [0.29, 0.717) is 0 Å². The first-order chi connectivity index (χ1) is 13.1. The number of rotatable bonds is 5. The van der Waals surface area contributed by atoms with Gasteiger partial charge < -0.3 is 29.9 Å². The van der Waals surface area contributed by atoms with E-state index in [1.807, 2.05) is 20.8 Å². The number of likely N-dealkylation sites (tertiary alicyclic amines) is 1. The highest BCUT2D eigenvalue weighted by Gasteiger charge is 2.35. The molecule has 0 bridgehead atoms. The second kappa shape index (κ2) is 11.5. The Labute approximate surface area is 193 Å². The SMILES string of the molecule is CCNC(=NCC1(N(C)C)CCOCC1)N1CCC(NC(=O)OC(C)(C)C)C1.I. The molecular weight excluding hydrogens is 485 g/mol. The first-order valence-electron chi connectivity index (χ1n) is 10.4. The first kappa shape index (κ1) is 26.2. The third-order valence-corrected chi connectivity index (χ3v) is 5.44. The van der Waals surface area contributed by atoms with Gasteiger partial charge in [0.1, 0.15) is 5.60 Å². The third kappa shape index (κ3) is 8.09. The molecule has 0 aromatic carbocycles. The van der Waals surface area contributed by atoms with E-state index in [2.05, 4.69) is 41.5 Å². The molecule has 2 aliphatic rings. The van der Waals surface area contributed by atoms with E-state index in [1.165, 1.54) is 0 Å². The van der Waals surface area contributed by atoms with Crippen LogP contribution < -0.4 is 10.6 Å². The summed E-state index contributed by atoms with van der Waals surface area (Å²) < 4.78 is 10.9. The molecule has 1 amide bonds. The van der Waals surface area contributed by atoms with Crippen LogP contribution >= 0.6 is 24.0 Å². The van der Waals surface area contributed by atoms with Crippen molar-refractivity contribution in [3.05, 3.63) is 0 Å². The van der Waals surface area contributed by atoms with E-state index >= 15 is 0 Å². The topological polar surface area (TPSA) is 78.4 Å². The van der Waals surface area contributed by atoms with Crippen molar-refractivity contribution >= 4 is 36.0 Å². The highest BCUT2D eigenvalue weighted by molar-refractivity contribution is 14.0. The van der Waals surface area contributed by atoms with Crippen LogP contribution in [0.25, 0.3) is 0 Å². The van der Waals surface area contributed by atoms with Crippen molar-refractivity contribution in [1.82, 2.24) is 20.4 Å². The maximum Gasteiger partial charge on any atom is 0.407 e. The van der Waals surface area contributed by atoms with Gasteiger partial charge in [0.25, 0.3) is 0 Å². The molecule has 29 heavy (non-hydrogen) atoms. The highest BCUT2D eigenvalue weighted by atomic mass is 127. The van der Waals surface area contributed by atoms with Crippen molar-refractivity contribution in [3.63, 3.8) is 0 Å². The summed E-state index contributed by atoms with van der Waals surface area (Å²) in [5, 5.41) is 6.40. The molecule has 9 heteroatoms. The summed E-state index contributed by atoms with van der Waals surface area (Å²) in [5.41, 5.74) is -0.435. The van der Waals surface area contributed by atoms with Crippen LogP contribution in [0.3, 0.4) is 0 Å². The first-order valence-corrected chi connectivity index (χ1v) is 10.4. The molecule has 1 unspecified atom stereocenters. The number of ether oxygens (including phenoxy) is 2. The number of alkyl carbamates (subject to hydrolysis) is 1. The number of aliphatic imine (C=N–C) groups is 1. The molecule has 8 nitrogen and oxygen atoms in total. The molecule has 0 aromatic heterocycles. The van der Waals surface area contributed by atoms with Gasteiger partial charge in [0.2, 0.25) is 0 Å². The van der Waals surface area contributed by atoms with Gasteiger partial charge in [-0.15, -0.1) is 24.0 Å². The zero-order valence-corrected chi connectivity index (χ0v) is 21.2. The second-order valence-electron chi connectivity index (χ2n) is 8.98. The lowest BCUT2D eigenvalue weighted by Crippen LogP contribution is -2.52. The fraction of sp³-hybridized carbons (Fsp3) is 0.900. The fourth-order valence-corrected chi connectivity index (χ4v) is 3.69. The van der Waals surface area contributed by atoms with E-state index in [1.54, 1.807) is 0 Å². The molecule has 2 saturated heterocycles. The van der Waals surface area contributed by atoms with Crippen LogP contribution in [0.5, 0.6) is 0 Å². The van der Waals surface area contributed by atoms with Crippen molar-refractivity contribution in [2.45, 2.75) is 64.1 Å². The zero-order valence-electron chi connectivity index (χ0n) is 18.9. The molecule has 170 valence electrons. The Hall–Kier alpha value is -0.810. The molecular formula is C20H40IN5O3. The van der Waals surface area contributed by atoms with Gasteiger partial charge in [0, 0.05) is 38.4 Å². The second-order valence-corrected chi connectivity index (χ2v) is 8.98. The van der Waals surface area contributed by atoms with Gasteiger partial charge in [-0.05, 0) is 61.1 Å². The third-order valence-electron chi connectivity index (χ3n) is 5.44. The number of likely N-dealkylation sites (N-methyl/N-ethyl adjacent to an activating group) is 1. The minimum absolute atomic E-state index is 0.